The van der Waals surface area contributed by atoms with E-state index < -0.39 is 0 Å². The molecule has 0 aliphatic rings. The molecule has 10 rings (SSSR count). The highest BCUT2D eigenvalue weighted by Gasteiger charge is 2.14. The molecule has 0 bridgehead atoms. The summed E-state index contributed by atoms with van der Waals surface area (Å²) in [7, 11) is 0. The molecule has 0 saturated carbocycles. The second-order valence-corrected chi connectivity index (χ2v) is 22.9. The van der Waals surface area contributed by atoms with Gasteiger partial charge in [-0.1, -0.05) is 161 Å². The van der Waals surface area contributed by atoms with Crippen molar-refractivity contribution in [1.29, 1.82) is 0 Å². The van der Waals surface area contributed by atoms with Crippen molar-refractivity contribution >= 4 is 56.5 Å². The van der Waals surface area contributed by atoms with Crippen molar-refractivity contribution in [2.24, 2.45) is 0 Å². The number of hydrogen-bond donors (Lipinski definition) is 0. The molecule has 0 aliphatic heterocycles. The van der Waals surface area contributed by atoms with E-state index in [4.69, 9.17) is 9.47 Å². The van der Waals surface area contributed by atoms with Crippen LogP contribution >= 0.6 is 45.3 Å². The van der Waals surface area contributed by atoms with Gasteiger partial charge in [-0.2, -0.15) is 0 Å². The topological polar surface area (TPSA) is 18.5 Å². The van der Waals surface area contributed by atoms with Crippen molar-refractivity contribution in [1.82, 2.24) is 0 Å². The summed E-state index contributed by atoms with van der Waals surface area (Å²) in [6.45, 7) is 10.4. The largest absolute Gasteiger partial charge is 0.494 e. The molecule has 0 atom stereocenters. The molecule has 4 heterocycles. The molecule has 4 aromatic heterocycles. The van der Waals surface area contributed by atoms with Gasteiger partial charge >= 0.3 is 0 Å². The zero-order valence-corrected chi connectivity index (χ0v) is 44.8. The van der Waals surface area contributed by atoms with E-state index in [9.17, 15) is 0 Å². The molecule has 0 spiro atoms. The van der Waals surface area contributed by atoms with Gasteiger partial charge in [-0.3, -0.25) is 0 Å². The number of hydrogen-bond acceptors (Lipinski definition) is 6. The Labute approximate surface area is 441 Å². The van der Waals surface area contributed by atoms with Gasteiger partial charge in [0, 0.05) is 43.2 Å². The van der Waals surface area contributed by atoms with Crippen LogP contribution in [0.4, 0.5) is 0 Å². The highest BCUT2D eigenvalue weighted by Crippen LogP contribution is 2.38. The molecule has 72 heavy (non-hydrogen) atoms. The third kappa shape index (κ3) is 11.7. The van der Waals surface area contributed by atoms with Crippen LogP contribution in [0.5, 0.6) is 11.5 Å². The SMILES string of the molecule is CCCCCOc1ccc(-c2ccc(-c3ccc(C(C)=c4cc/c(=c5/ccc(=C(c6ccc(-c7ccc(-c8ccc(OCCCCC)cc8)cc7)cc6)c6ccc(-c7ccc(C)s7)s6)s5)s4)cc3)cc2)cc1. The number of unbranched alkanes of at least 4 members (excludes halogenated alkanes) is 4. The summed E-state index contributed by atoms with van der Waals surface area (Å²) in [6, 6.07) is 71.3. The molecular formula is C66H60O2S4. The Morgan fingerprint density at radius 1 is 0.361 bits per heavy atom. The predicted molar refractivity (Wildman–Crippen MR) is 312 cm³/mol. The van der Waals surface area contributed by atoms with E-state index in [1.54, 1.807) is 0 Å². The van der Waals surface area contributed by atoms with Gasteiger partial charge in [-0.15, -0.1) is 45.3 Å². The quantitative estimate of drug-likeness (QED) is 0.0798. The van der Waals surface area contributed by atoms with Crippen molar-refractivity contribution in [3.8, 4) is 65.8 Å². The zero-order valence-electron chi connectivity index (χ0n) is 41.6. The van der Waals surface area contributed by atoms with Crippen molar-refractivity contribution in [2.45, 2.75) is 66.2 Å². The third-order valence-corrected chi connectivity index (χ3v) is 18.0. The highest BCUT2D eigenvalue weighted by molar-refractivity contribution is 7.22. The summed E-state index contributed by atoms with van der Waals surface area (Å²) in [5.74, 6) is 1.87. The third-order valence-electron chi connectivity index (χ3n) is 13.2. The molecule has 6 heteroatoms. The van der Waals surface area contributed by atoms with Gasteiger partial charge in [0.2, 0.25) is 0 Å². The predicted octanol–water partition coefficient (Wildman–Crippen LogP) is 18.5. The standard InChI is InChI=1S/C66H60O2S4/c1-5-7-9-43-67-57-32-28-54(29-33-57)51-20-16-49(17-21-51)48-14-12-47(13-15-48)46(4)59-37-38-62(70-59)63-40-42-65(72-63)66(64-41-39-61(71-64)60-36-11-45(3)69-60)56-26-24-53(25-27-56)50-18-22-52(23-19-50)55-30-34-58(35-31-55)68-44-10-8-6-2/h11-42H,5-10,43-44H2,1-4H3/b59-46?,63-62+,66-65?. The summed E-state index contributed by atoms with van der Waals surface area (Å²) in [4.78, 5) is 5.25. The van der Waals surface area contributed by atoms with Gasteiger partial charge < -0.3 is 9.47 Å². The van der Waals surface area contributed by atoms with Gasteiger partial charge in [-0.05, 0) is 161 Å². The first-order valence-corrected chi connectivity index (χ1v) is 28.6. The summed E-state index contributed by atoms with van der Waals surface area (Å²) >= 11 is 7.50. The van der Waals surface area contributed by atoms with Crippen LogP contribution in [-0.2, 0) is 0 Å². The summed E-state index contributed by atoms with van der Waals surface area (Å²) < 4.78 is 17.0. The fraction of sp³-hybridized carbons (Fsp3) is 0.182. The lowest BCUT2D eigenvalue weighted by Crippen LogP contribution is -2.01. The van der Waals surface area contributed by atoms with Crippen LogP contribution in [0.2, 0.25) is 0 Å². The Hall–Kier alpha value is -6.54. The summed E-state index contributed by atoms with van der Waals surface area (Å²) in [6.07, 6.45) is 7.00. The van der Waals surface area contributed by atoms with Gasteiger partial charge in [0.25, 0.3) is 0 Å². The van der Waals surface area contributed by atoms with Gasteiger partial charge in [0.15, 0.2) is 0 Å². The lowest BCUT2D eigenvalue weighted by molar-refractivity contribution is 0.306. The molecule has 0 N–H and O–H groups in total. The first-order valence-electron chi connectivity index (χ1n) is 25.4. The zero-order chi connectivity index (χ0) is 49.2. The molecule has 0 radical (unpaired) electrons. The van der Waals surface area contributed by atoms with E-state index in [1.165, 1.54) is 130 Å². The molecule has 0 aliphatic carbocycles. The maximum Gasteiger partial charge on any atom is 0.119 e. The van der Waals surface area contributed by atoms with Crippen molar-refractivity contribution in [3.63, 3.8) is 0 Å². The van der Waals surface area contributed by atoms with E-state index in [-0.39, 0.29) is 0 Å². The molecule has 360 valence electrons. The van der Waals surface area contributed by atoms with E-state index in [2.05, 4.69) is 222 Å². The van der Waals surface area contributed by atoms with Crippen molar-refractivity contribution in [2.75, 3.05) is 13.2 Å². The molecule has 0 saturated heterocycles. The first kappa shape index (κ1) is 49.1. The van der Waals surface area contributed by atoms with Crippen LogP contribution in [0.15, 0.2) is 194 Å². The van der Waals surface area contributed by atoms with Crippen LogP contribution in [0.3, 0.4) is 0 Å². The molecule has 10 aromatic rings. The second kappa shape index (κ2) is 23.3. The van der Waals surface area contributed by atoms with Crippen molar-refractivity contribution in [3.05, 3.63) is 233 Å². The fourth-order valence-corrected chi connectivity index (χ4v) is 13.3. The Bertz CT molecular complexity index is 3570. The lowest BCUT2D eigenvalue weighted by atomic mass is 9.97. The molecule has 0 unspecified atom stereocenters. The van der Waals surface area contributed by atoms with Crippen LogP contribution in [0, 0.1) is 16.0 Å². The number of aryl methyl sites for hydroxylation is 1. The molecule has 2 nitrogen and oxygen atoms in total. The summed E-state index contributed by atoms with van der Waals surface area (Å²) in [5, 5.41) is 0. The molecule has 0 fully saturated rings. The Kier molecular flexibility index (Phi) is 15.9. The molecule has 6 aromatic carbocycles. The van der Waals surface area contributed by atoms with Crippen LogP contribution in [-0.4, -0.2) is 13.2 Å². The Morgan fingerprint density at radius 2 is 0.750 bits per heavy atom. The van der Waals surface area contributed by atoms with Crippen LogP contribution in [0.25, 0.3) is 65.4 Å². The number of ether oxygens (including phenoxy) is 2. The van der Waals surface area contributed by atoms with Gasteiger partial charge in [-0.25, -0.2) is 0 Å². The average Bonchev–Trinajstić information content (AvgIpc) is 4.29. The normalized spacial score (nSPS) is 12.7. The molecular weight excluding hydrogens is 953 g/mol. The Balaban J connectivity index is 0.893. The van der Waals surface area contributed by atoms with E-state index >= 15 is 0 Å². The monoisotopic (exact) mass is 1010 g/mol. The summed E-state index contributed by atoms with van der Waals surface area (Å²) in [5.41, 5.74) is 14.7. The second-order valence-electron chi connectivity index (χ2n) is 18.4. The van der Waals surface area contributed by atoms with Crippen LogP contribution < -0.4 is 18.5 Å². The van der Waals surface area contributed by atoms with E-state index in [0.29, 0.717) is 0 Å². The highest BCUT2D eigenvalue weighted by atomic mass is 32.1. The van der Waals surface area contributed by atoms with Crippen molar-refractivity contribution < 1.29 is 9.47 Å². The average molecular weight is 1010 g/mol. The first-order chi connectivity index (χ1) is 35.4. The Morgan fingerprint density at radius 3 is 1.19 bits per heavy atom. The smallest absolute Gasteiger partial charge is 0.119 e. The van der Waals surface area contributed by atoms with Gasteiger partial charge in [0.05, 0.1) is 13.2 Å². The maximum absolute atomic E-state index is 5.95. The number of rotatable bonds is 18. The minimum Gasteiger partial charge on any atom is -0.494 e. The van der Waals surface area contributed by atoms with Crippen LogP contribution in [0.1, 0.15) is 80.2 Å². The minimum absolute atomic E-state index is 0.773. The van der Waals surface area contributed by atoms with E-state index in [1.807, 2.05) is 45.3 Å². The van der Waals surface area contributed by atoms with E-state index in [0.717, 1.165) is 37.6 Å². The maximum atomic E-state index is 5.95. The lowest BCUT2D eigenvalue weighted by Gasteiger charge is -2.09. The number of thiophene rings is 4. The fourth-order valence-electron chi connectivity index (χ4n) is 9.02. The molecule has 0 amide bonds. The number of benzene rings is 6. The van der Waals surface area contributed by atoms with Gasteiger partial charge in [0.1, 0.15) is 11.5 Å². The minimum atomic E-state index is 0.773.